The van der Waals surface area contributed by atoms with Crippen molar-refractivity contribution in [2.24, 2.45) is 0 Å². The van der Waals surface area contributed by atoms with Crippen LogP contribution in [0.1, 0.15) is 12.8 Å². The Balaban J connectivity index is 2.34. The van der Waals surface area contributed by atoms with Crippen molar-refractivity contribution < 1.29 is 19.4 Å². The number of rotatable bonds is 6. The number of carbonyl (C=O) groups excluding carboxylic acids is 1. The molecule has 0 aromatic carbocycles. The Morgan fingerprint density at radius 1 is 1.53 bits per heavy atom. The van der Waals surface area contributed by atoms with Crippen molar-refractivity contribution in [3.8, 4) is 0 Å². The van der Waals surface area contributed by atoms with Crippen LogP contribution >= 0.6 is 10.0 Å². The number of carbonyl (C=O) groups is 2. The third-order valence-electron chi connectivity index (χ3n) is 2.68. The fraction of sp³-hybridized carbons (Fsp3) is 0.818. The second kappa shape index (κ2) is 5.73. The van der Waals surface area contributed by atoms with E-state index in [0.29, 0.717) is 19.4 Å². The predicted molar refractivity (Wildman–Crippen MR) is 68.6 cm³/mol. The fourth-order valence-corrected chi connectivity index (χ4v) is 2.24. The van der Waals surface area contributed by atoms with Gasteiger partial charge in [0.05, 0.1) is 6.61 Å². The van der Waals surface area contributed by atoms with E-state index in [-0.39, 0.29) is 12.6 Å². The monoisotopic (exact) mass is 263 g/mol. The molecule has 5 nitrogen and oxygen atoms in total. The molecule has 1 aliphatic rings. The molecule has 6 heteroatoms. The minimum Gasteiger partial charge on any atom is -0.480 e. The summed E-state index contributed by atoms with van der Waals surface area (Å²) >= 11 is 0. The van der Waals surface area contributed by atoms with E-state index in [9.17, 15) is 9.59 Å². The molecule has 1 unspecified atom stereocenters. The van der Waals surface area contributed by atoms with Crippen molar-refractivity contribution in [1.82, 2.24) is 4.90 Å². The Hall–Kier alpha value is -0.750. The summed E-state index contributed by atoms with van der Waals surface area (Å²) in [5.74, 6) is -0.103. The predicted octanol–water partition coefficient (Wildman–Crippen LogP) is 0.730. The first-order chi connectivity index (χ1) is 7.81. The van der Waals surface area contributed by atoms with Crippen LogP contribution in [0.4, 0.5) is 0 Å². The summed E-state index contributed by atoms with van der Waals surface area (Å²) < 4.78 is 5.41. The van der Waals surface area contributed by atoms with E-state index in [0.717, 1.165) is 5.75 Å². The topological polar surface area (TPSA) is 66.8 Å². The van der Waals surface area contributed by atoms with Crippen molar-refractivity contribution in [2.75, 3.05) is 37.9 Å². The van der Waals surface area contributed by atoms with E-state index in [2.05, 4.69) is 18.8 Å². The first-order valence-electron chi connectivity index (χ1n) is 5.57. The minimum atomic E-state index is -0.944. The first kappa shape index (κ1) is 14.3. The molecular formula is C11H21NO4S. The van der Waals surface area contributed by atoms with Crippen molar-refractivity contribution in [3.63, 3.8) is 0 Å². The Labute approximate surface area is 103 Å². The molecule has 0 bridgehead atoms. The summed E-state index contributed by atoms with van der Waals surface area (Å²) in [5.41, 5.74) is 0. The highest BCUT2D eigenvalue weighted by Gasteiger charge is 2.35. The van der Waals surface area contributed by atoms with Crippen LogP contribution in [0.3, 0.4) is 0 Å². The van der Waals surface area contributed by atoms with Gasteiger partial charge in [-0.05, 0) is 25.2 Å². The fourth-order valence-electron chi connectivity index (χ4n) is 1.62. The van der Waals surface area contributed by atoms with Crippen LogP contribution in [0.2, 0.25) is 0 Å². The first-order valence-corrected chi connectivity index (χ1v) is 8.60. The van der Waals surface area contributed by atoms with E-state index in [1.54, 1.807) is 0 Å². The van der Waals surface area contributed by atoms with Gasteiger partial charge >= 0.3 is 5.97 Å². The van der Waals surface area contributed by atoms with Gasteiger partial charge < -0.3 is 14.7 Å². The maximum atomic E-state index is 11.5. The number of carboxylic acid groups (broad SMARTS) is 1. The van der Waals surface area contributed by atoms with E-state index in [1.165, 1.54) is 4.90 Å². The molecule has 1 N–H and O–H groups in total. The lowest BCUT2D eigenvalue weighted by Crippen LogP contribution is -2.40. The molecule has 0 aliphatic carbocycles. The van der Waals surface area contributed by atoms with Gasteiger partial charge in [-0.25, -0.2) is 14.8 Å². The second-order valence-electron chi connectivity index (χ2n) is 5.09. The Bertz CT molecular complexity index is 300. The molecule has 1 amide bonds. The summed E-state index contributed by atoms with van der Waals surface area (Å²) in [6.07, 6.45) is 7.28. The summed E-state index contributed by atoms with van der Waals surface area (Å²) in [5, 5.41) is 8.94. The molecule has 17 heavy (non-hydrogen) atoms. The maximum Gasteiger partial charge on any atom is 0.326 e. The lowest BCUT2D eigenvalue weighted by Gasteiger charge is -2.26. The lowest BCUT2D eigenvalue weighted by molar-refractivity contribution is -0.150. The van der Waals surface area contributed by atoms with Gasteiger partial charge in [0, 0.05) is 12.2 Å². The largest absolute Gasteiger partial charge is 0.480 e. The van der Waals surface area contributed by atoms with E-state index in [1.807, 2.05) is 0 Å². The van der Waals surface area contributed by atoms with Gasteiger partial charge in [0.25, 0.3) is 0 Å². The molecule has 0 aromatic rings. The number of likely N-dealkylation sites (tertiary alicyclic amines) is 1. The highest BCUT2D eigenvalue weighted by molar-refractivity contribution is 8.32. The molecule has 1 fully saturated rings. The summed E-state index contributed by atoms with van der Waals surface area (Å²) in [4.78, 5) is 23.7. The number of hydrogen-bond donors (Lipinski definition) is 1. The van der Waals surface area contributed by atoms with E-state index < -0.39 is 22.0 Å². The van der Waals surface area contributed by atoms with Crippen LogP contribution in [0.25, 0.3) is 0 Å². The highest BCUT2D eigenvalue weighted by atomic mass is 32.3. The van der Waals surface area contributed by atoms with Gasteiger partial charge in [0.2, 0.25) is 5.91 Å². The van der Waals surface area contributed by atoms with Crippen LogP contribution in [0.5, 0.6) is 0 Å². The summed E-state index contributed by atoms with van der Waals surface area (Å²) in [7, 11) is -0.608. The van der Waals surface area contributed by atoms with Crippen molar-refractivity contribution >= 4 is 21.9 Å². The minimum absolute atomic E-state index is 0.103. The smallest absolute Gasteiger partial charge is 0.326 e. The second-order valence-corrected chi connectivity index (χ2v) is 9.68. The number of carboxylic acids is 1. The van der Waals surface area contributed by atoms with Crippen LogP contribution in [-0.4, -0.2) is 65.8 Å². The number of ether oxygens (including phenoxy) is 1. The average molecular weight is 263 g/mol. The van der Waals surface area contributed by atoms with Crippen LogP contribution in [-0.2, 0) is 14.3 Å². The van der Waals surface area contributed by atoms with Crippen molar-refractivity contribution in [2.45, 2.75) is 18.9 Å². The standard InChI is InChI=1S/C11H21NO4S/c1-17(2,3)7-6-16-8-12-9(11(14)15)4-5-10(12)13/h9H,4-8H2,1-3H3,(H,14,15). The van der Waals surface area contributed by atoms with Crippen molar-refractivity contribution in [1.29, 1.82) is 0 Å². The quantitative estimate of drug-likeness (QED) is 0.717. The van der Waals surface area contributed by atoms with E-state index in [4.69, 9.17) is 9.84 Å². The number of aliphatic carboxylic acids is 1. The number of amides is 1. The lowest BCUT2D eigenvalue weighted by atomic mass is 10.2. The molecule has 100 valence electrons. The molecule has 1 aliphatic heterocycles. The van der Waals surface area contributed by atoms with Crippen LogP contribution in [0.15, 0.2) is 0 Å². The van der Waals surface area contributed by atoms with Gasteiger partial charge in [-0.3, -0.25) is 4.79 Å². The molecule has 0 spiro atoms. The Kier molecular flexibility index (Phi) is 4.82. The van der Waals surface area contributed by atoms with Crippen LogP contribution in [0, 0.1) is 0 Å². The zero-order chi connectivity index (χ0) is 13.1. The molecule has 0 saturated carbocycles. The number of hydrogen-bond acceptors (Lipinski definition) is 3. The molecule has 0 aromatic heterocycles. The van der Waals surface area contributed by atoms with Gasteiger partial charge in [0.1, 0.15) is 12.8 Å². The van der Waals surface area contributed by atoms with Crippen LogP contribution < -0.4 is 0 Å². The highest BCUT2D eigenvalue weighted by Crippen LogP contribution is 2.33. The Morgan fingerprint density at radius 3 is 2.71 bits per heavy atom. The molecular weight excluding hydrogens is 242 g/mol. The molecule has 1 saturated heterocycles. The zero-order valence-electron chi connectivity index (χ0n) is 10.6. The molecule has 0 radical (unpaired) electrons. The van der Waals surface area contributed by atoms with Crippen molar-refractivity contribution in [3.05, 3.63) is 0 Å². The maximum absolute atomic E-state index is 11.5. The average Bonchev–Trinajstić information content (AvgIpc) is 2.53. The van der Waals surface area contributed by atoms with Gasteiger partial charge in [-0.1, -0.05) is 0 Å². The SMILES string of the molecule is CS(C)(C)CCOCN1C(=O)CCC1C(=O)O. The molecule has 1 heterocycles. The van der Waals surface area contributed by atoms with E-state index >= 15 is 0 Å². The molecule has 1 atom stereocenters. The zero-order valence-corrected chi connectivity index (χ0v) is 11.5. The Morgan fingerprint density at radius 2 is 2.18 bits per heavy atom. The normalized spacial score (nSPS) is 21.9. The van der Waals surface area contributed by atoms with Gasteiger partial charge in [-0.2, -0.15) is 0 Å². The van der Waals surface area contributed by atoms with Gasteiger partial charge in [0.15, 0.2) is 0 Å². The number of nitrogens with zero attached hydrogens (tertiary/aromatic N) is 1. The summed E-state index contributed by atoms with van der Waals surface area (Å²) in [6.45, 7) is 0.681. The summed E-state index contributed by atoms with van der Waals surface area (Å²) in [6, 6.07) is -0.704. The van der Waals surface area contributed by atoms with Gasteiger partial charge in [-0.15, -0.1) is 0 Å². The third kappa shape index (κ3) is 4.55. The molecule has 1 rings (SSSR count). The third-order valence-corrected chi connectivity index (χ3v) is 4.08.